The fourth-order valence-electron chi connectivity index (χ4n) is 1.95. The largest absolute Gasteiger partial charge is 0.495 e. The minimum absolute atomic E-state index is 0.353. The minimum Gasteiger partial charge on any atom is -0.495 e. The Hall–Kier alpha value is -2.24. The van der Waals surface area contributed by atoms with Gasteiger partial charge in [0.05, 0.1) is 18.2 Å². The van der Waals surface area contributed by atoms with Crippen LogP contribution in [0.1, 0.15) is 40.2 Å². The lowest BCUT2D eigenvalue weighted by Gasteiger charge is -2.21. The normalized spacial score (nSPS) is 11.7. The molecule has 0 unspecified atom stereocenters. The average molecular weight is 323 g/mol. The quantitative estimate of drug-likeness (QED) is 0.863. The number of hydrogen-bond donors (Lipinski definition) is 2. The second kappa shape index (κ2) is 6.89. The maximum absolute atomic E-state index is 11.8. The number of hydrogen-bond acceptors (Lipinski definition) is 4. The van der Waals surface area contributed by atoms with Gasteiger partial charge in [-0.2, -0.15) is 0 Å². The standard InChI is InChI=1S/C17H25NO5/c1-16(2,3)23-15(21)18-12-8-7-11(9-13(12)22-6)10-17(4,5)14(19)20/h7-9H,10H2,1-6H3,(H,18,21)(H,19,20). The maximum Gasteiger partial charge on any atom is 0.412 e. The van der Waals surface area contributed by atoms with Crippen LogP contribution in [0.15, 0.2) is 18.2 Å². The van der Waals surface area contributed by atoms with Crippen LogP contribution in [0.2, 0.25) is 0 Å². The van der Waals surface area contributed by atoms with E-state index in [1.54, 1.807) is 52.8 Å². The van der Waals surface area contributed by atoms with Gasteiger partial charge in [-0.25, -0.2) is 4.79 Å². The predicted molar refractivity (Wildman–Crippen MR) is 88.0 cm³/mol. The zero-order chi connectivity index (χ0) is 17.8. The van der Waals surface area contributed by atoms with Crippen molar-refractivity contribution in [2.45, 2.75) is 46.6 Å². The summed E-state index contributed by atoms with van der Waals surface area (Å²) in [5.74, 6) is -0.415. The highest BCUT2D eigenvalue weighted by Gasteiger charge is 2.27. The van der Waals surface area contributed by atoms with E-state index in [-0.39, 0.29) is 0 Å². The van der Waals surface area contributed by atoms with Gasteiger partial charge < -0.3 is 14.6 Å². The fourth-order valence-corrected chi connectivity index (χ4v) is 1.95. The molecule has 1 aromatic carbocycles. The predicted octanol–water partition coefficient (Wildman–Crippen LogP) is 3.70. The molecular formula is C17H25NO5. The molecule has 0 fully saturated rings. The number of methoxy groups -OCH3 is 1. The molecular weight excluding hydrogens is 298 g/mol. The maximum atomic E-state index is 11.8. The SMILES string of the molecule is COc1cc(CC(C)(C)C(=O)O)ccc1NC(=O)OC(C)(C)C. The van der Waals surface area contributed by atoms with Gasteiger partial charge in [-0.3, -0.25) is 10.1 Å². The summed E-state index contributed by atoms with van der Waals surface area (Å²) in [6, 6.07) is 5.16. The van der Waals surface area contributed by atoms with Crippen molar-refractivity contribution in [2.75, 3.05) is 12.4 Å². The van der Waals surface area contributed by atoms with Crippen LogP contribution < -0.4 is 10.1 Å². The Bertz CT molecular complexity index is 587. The van der Waals surface area contributed by atoms with Gasteiger partial charge in [0, 0.05) is 0 Å². The molecule has 0 aromatic heterocycles. The Morgan fingerprint density at radius 1 is 1.17 bits per heavy atom. The van der Waals surface area contributed by atoms with Crippen molar-refractivity contribution in [3.63, 3.8) is 0 Å². The van der Waals surface area contributed by atoms with Gasteiger partial charge >= 0.3 is 12.1 Å². The van der Waals surface area contributed by atoms with Crippen LogP contribution in [0.5, 0.6) is 5.75 Å². The monoisotopic (exact) mass is 323 g/mol. The zero-order valence-corrected chi connectivity index (χ0v) is 14.5. The highest BCUT2D eigenvalue weighted by atomic mass is 16.6. The number of rotatable bonds is 5. The zero-order valence-electron chi connectivity index (χ0n) is 14.5. The number of carbonyl (C=O) groups is 2. The number of carboxylic acid groups (broad SMARTS) is 1. The second-order valence-corrected chi connectivity index (χ2v) is 7.03. The van der Waals surface area contributed by atoms with E-state index < -0.39 is 23.1 Å². The van der Waals surface area contributed by atoms with Crippen LogP contribution in [0.4, 0.5) is 10.5 Å². The van der Waals surface area contributed by atoms with Crippen molar-refractivity contribution in [3.05, 3.63) is 23.8 Å². The van der Waals surface area contributed by atoms with Crippen molar-refractivity contribution in [2.24, 2.45) is 5.41 Å². The van der Waals surface area contributed by atoms with Gasteiger partial charge in [0.25, 0.3) is 0 Å². The van der Waals surface area contributed by atoms with Crippen LogP contribution >= 0.6 is 0 Å². The molecule has 0 bridgehead atoms. The van der Waals surface area contributed by atoms with Crippen molar-refractivity contribution in [1.82, 2.24) is 0 Å². The highest BCUT2D eigenvalue weighted by Crippen LogP contribution is 2.30. The van der Waals surface area contributed by atoms with E-state index in [2.05, 4.69) is 5.32 Å². The van der Waals surface area contributed by atoms with Crippen LogP contribution in [-0.2, 0) is 16.0 Å². The number of benzene rings is 1. The van der Waals surface area contributed by atoms with Crippen molar-refractivity contribution in [1.29, 1.82) is 0 Å². The van der Waals surface area contributed by atoms with E-state index in [1.165, 1.54) is 7.11 Å². The first-order chi connectivity index (χ1) is 10.4. The topological polar surface area (TPSA) is 84.9 Å². The Labute approximate surface area is 136 Å². The molecule has 1 aromatic rings. The van der Waals surface area contributed by atoms with Crippen molar-refractivity contribution < 1.29 is 24.2 Å². The summed E-state index contributed by atoms with van der Waals surface area (Å²) in [5, 5.41) is 11.8. The third-order valence-corrected chi connectivity index (χ3v) is 3.13. The molecule has 23 heavy (non-hydrogen) atoms. The van der Waals surface area contributed by atoms with Gasteiger partial charge in [-0.1, -0.05) is 6.07 Å². The summed E-state index contributed by atoms with van der Waals surface area (Å²) >= 11 is 0. The smallest absolute Gasteiger partial charge is 0.412 e. The van der Waals surface area contributed by atoms with Crippen LogP contribution in [-0.4, -0.2) is 29.9 Å². The van der Waals surface area contributed by atoms with Crippen LogP contribution in [0.25, 0.3) is 0 Å². The van der Waals surface area contributed by atoms with Gasteiger partial charge in [0.15, 0.2) is 0 Å². The number of carboxylic acids is 1. The molecule has 0 heterocycles. The van der Waals surface area contributed by atoms with E-state index in [0.717, 1.165) is 5.56 Å². The summed E-state index contributed by atoms with van der Waals surface area (Å²) < 4.78 is 10.5. The number of carbonyl (C=O) groups excluding carboxylic acids is 1. The van der Waals surface area contributed by atoms with E-state index in [9.17, 15) is 14.7 Å². The number of aliphatic carboxylic acids is 1. The van der Waals surface area contributed by atoms with Gasteiger partial charge in [-0.15, -0.1) is 0 Å². The summed E-state index contributed by atoms with van der Waals surface area (Å²) in [7, 11) is 1.49. The summed E-state index contributed by atoms with van der Waals surface area (Å²) in [6.07, 6.45) is -0.222. The fraction of sp³-hybridized carbons (Fsp3) is 0.529. The summed E-state index contributed by atoms with van der Waals surface area (Å²) in [6.45, 7) is 8.66. The molecule has 0 atom stereocenters. The lowest BCUT2D eigenvalue weighted by atomic mass is 9.86. The minimum atomic E-state index is -0.884. The van der Waals surface area contributed by atoms with Gasteiger partial charge in [-0.05, 0) is 58.7 Å². The summed E-state index contributed by atoms with van der Waals surface area (Å²) in [5.41, 5.74) is -0.198. The lowest BCUT2D eigenvalue weighted by molar-refractivity contribution is -0.146. The average Bonchev–Trinajstić information content (AvgIpc) is 2.37. The molecule has 0 spiro atoms. The Morgan fingerprint density at radius 3 is 2.26 bits per heavy atom. The van der Waals surface area contributed by atoms with Crippen molar-refractivity contribution >= 4 is 17.7 Å². The first-order valence-electron chi connectivity index (χ1n) is 7.35. The van der Waals surface area contributed by atoms with Crippen LogP contribution in [0.3, 0.4) is 0 Å². The second-order valence-electron chi connectivity index (χ2n) is 7.03. The van der Waals surface area contributed by atoms with Crippen LogP contribution in [0, 0.1) is 5.41 Å². The molecule has 6 heteroatoms. The van der Waals surface area contributed by atoms with E-state index >= 15 is 0 Å². The first kappa shape index (κ1) is 18.8. The van der Waals surface area contributed by atoms with E-state index in [1.807, 2.05) is 0 Å². The Kier molecular flexibility index (Phi) is 5.64. The molecule has 0 aliphatic heterocycles. The molecule has 1 amide bonds. The number of ether oxygens (including phenoxy) is 2. The highest BCUT2D eigenvalue weighted by molar-refractivity contribution is 5.87. The molecule has 2 N–H and O–H groups in total. The number of amides is 1. The van der Waals surface area contributed by atoms with Gasteiger partial charge in [0.1, 0.15) is 11.4 Å². The number of nitrogens with one attached hydrogen (secondary N) is 1. The molecule has 0 saturated heterocycles. The van der Waals surface area contributed by atoms with E-state index in [4.69, 9.17) is 9.47 Å². The lowest BCUT2D eigenvalue weighted by Crippen LogP contribution is -2.27. The van der Waals surface area contributed by atoms with Gasteiger partial charge in [0.2, 0.25) is 0 Å². The van der Waals surface area contributed by atoms with E-state index in [0.29, 0.717) is 17.9 Å². The third kappa shape index (κ3) is 5.81. The molecule has 0 aliphatic rings. The molecule has 0 saturated carbocycles. The molecule has 1 rings (SSSR count). The third-order valence-electron chi connectivity index (χ3n) is 3.13. The molecule has 128 valence electrons. The van der Waals surface area contributed by atoms with Crippen molar-refractivity contribution in [3.8, 4) is 5.75 Å². The molecule has 0 radical (unpaired) electrons. The number of anilines is 1. The first-order valence-corrected chi connectivity index (χ1v) is 7.35. The molecule has 0 aliphatic carbocycles. The summed E-state index contributed by atoms with van der Waals surface area (Å²) in [4.78, 5) is 23.1. The Balaban J connectivity index is 2.93. The molecule has 6 nitrogen and oxygen atoms in total. The Morgan fingerprint density at radius 2 is 1.78 bits per heavy atom.